The largest absolute Gasteiger partial charge is 0.312 e. The van der Waals surface area contributed by atoms with E-state index in [1.165, 1.54) is 5.56 Å². The number of nitrogens with one attached hydrogen (secondary N) is 1. The van der Waals surface area contributed by atoms with E-state index in [-0.39, 0.29) is 6.04 Å². The molecule has 4 nitrogen and oxygen atoms in total. The Labute approximate surface area is 113 Å². The van der Waals surface area contributed by atoms with Gasteiger partial charge >= 0.3 is 0 Å². The van der Waals surface area contributed by atoms with Gasteiger partial charge in [-0.2, -0.15) is 11.3 Å². The fourth-order valence-corrected chi connectivity index (χ4v) is 4.56. The van der Waals surface area contributed by atoms with Crippen molar-refractivity contribution in [2.24, 2.45) is 0 Å². The molecule has 2 heterocycles. The molecule has 0 amide bonds. The highest BCUT2D eigenvalue weighted by atomic mass is 32.2. The summed E-state index contributed by atoms with van der Waals surface area (Å²) in [5.41, 5.74) is 1.34. The van der Waals surface area contributed by atoms with Crippen molar-refractivity contribution < 1.29 is 8.42 Å². The maximum Gasteiger partial charge on any atom is 0.151 e. The number of hydrogen-bond acceptors (Lipinski definition) is 5. The standard InChI is InChI=1S/C12H20N2O2S2/c1-14(8-11-2-6-17-9-11)5-4-13-12-3-7-18(15,16)10-12/h2,6,9,12-13H,3-5,7-8,10H2,1H3. The third-order valence-electron chi connectivity index (χ3n) is 3.19. The minimum absolute atomic E-state index is 0.157. The molecule has 0 aliphatic carbocycles. The van der Waals surface area contributed by atoms with Crippen LogP contribution in [0.15, 0.2) is 16.8 Å². The van der Waals surface area contributed by atoms with Crippen LogP contribution in [0.25, 0.3) is 0 Å². The highest BCUT2D eigenvalue weighted by molar-refractivity contribution is 7.91. The van der Waals surface area contributed by atoms with Crippen LogP contribution in [0.3, 0.4) is 0 Å². The van der Waals surface area contributed by atoms with Gasteiger partial charge in [-0.1, -0.05) is 0 Å². The fraction of sp³-hybridized carbons (Fsp3) is 0.667. The number of likely N-dealkylation sites (N-methyl/N-ethyl adjacent to an activating group) is 1. The molecule has 1 unspecified atom stereocenters. The predicted molar refractivity (Wildman–Crippen MR) is 75.7 cm³/mol. The van der Waals surface area contributed by atoms with E-state index >= 15 is 0 Å². The van der Waals surface area contributed by atoms with Crippen molar-refractivity contribution in [2.45, 2.75) is 19.0 Å². The Balaban J connectivity index is 1.63. The molecule has 0 aromatic carbocycles. The quantitative estimate of drug-likeness (QED) is 0.847. The Morgan fingerprint density at radius 2 is 2.39 bits per heavy atom. The van der Waals surface area contributed by atoms with Gasteiger partial charge < -0.3 is 10.2 Å². The van der Waals surface area contributed by atoms with Crippen molar-refractivity contribution in [3.8, 4) is 0 Å². The Kier molecular flexibility index (Phi) is 4.77. The molecule has 102 valence electrons. The summed E-state index contributed by atoms with van der Waals surface area (Å²) in [6.45, 7) is 2.74. The van der Waals surface area contributed by atoms with Crippen LogP contribution in [0, 0.1) is 0 Å². The molecular formula is C12H20N2O2S2. The summed E-state index contributed by atoms with van der Waals surface area (Å²) in [6.07, 6.45) is 0.760. The summed E-state index contributed by atoms with van der Waals surface area (Å²) >= 11 is 1.72. The van der Waals surface area contributed by atoms with Gasteiger partial charge in [-0.25, -0.2) is 8.42 Å². The second kappa shape index (κ2) is 6.14. The van der Waals surface area contributed by atoms with Crippen molar-refractivity contribution in [1.82, 2.24) is 10.2 Å². The predicted octanol–water partition coefficient (Wildman–Crippen LogP) is 0.957. The number of nitrogens with zero attached hydrogens (tertiary/aromatic N) is 1. The molecule has 1 aliphatic heterocycles. The average molecular weight is 288 g/mol. The van der Waals surface area contributed by atoms with E-state index in [2.05, 4.69) is 34.1 Å². The van der Waals surface area contributed by atoms with Crippen molar-refractivity contribution in [2.75, 3.05) is 31.6 Å². The smallest absolute Gasteiger partial charge is 0.151 e. The third kappa shape index (κ3) is 4.35. The van der Waals surface area contributed by atoms with E-state index in [4.69, 9.17) is 0 Å². The molecule has 2 rings (SSSR count). The molecule has 1 aromatic rings. The van der Waals surface area contributed by atoms with Crippen LogP contribution < -0.4 is 5.32 Å². The topological polar surface area (TPSA) is 49.4 Å². The van der Waals surface area contributed by atoms with Crippen molar-refractivity contribution in [3.05, 3.63) is 22.4 Å². The lowest BCUT2D eigenvalue weighted by Crippen LogP contribution is -2.36. The molecule has 0 spiro atoms. The first kappa shape index (κ1) is 14.0. The minimum Gasteiger partial charge on any atom is -0.312 e. The van der Waals surface area contributed by atoms with Gasteiger partial charge in [-0.3, -0.25) is 0 Å². The summed E-state index contributed by atoms with van der Waals surface area (Å²) in [6, 6.07) is 2.29. The molecule has 1 aliphatic rings. The first-order chi connectivity index (χ1) is 8.55. The number of rotatable bonds is 6. The Bertz CT molecular complexity index is 456. The average Bonchev–Trinajstić information content (AvgIpc) is 2.88. The minimum atomic E-state index is -2.76. The molecule has 0 radical (unpaired) electrons. The Morgan fingerprint density at radius 3 is 3.00 bits per heavy atom. The number of sulfone groups is 1. The maximum absolute atomic E-state index is 11.3. The van der Waals surface area contributed by atoms with Crippen molar-refractivity contribution in [1.29, 1.82) is 0 Å². The van der Waals surface area contributed by atoms with Gasteiger partial charge in [0.25, 0.3) is 0 Å². The number of hydrogen-bond donors (Lipinski definition) is 1. The number of thiophene rings is 1. The highest BCUT2D eigenvalue weighted by Crippen LogP contribution is 2.11. The van der Waals surface area contributed by atoms with Crippen LogP contribution >= 0.6 is 11.3 Å². The lowest BCUT2D eigenvalue weighted by atomic mass is 10.2. The van der Waals surface area contributed by atoms with E-state index in [1.807, 2.05) is 0 Å². The third-order valence-corrected chi connectivity index (χ3v) is 5.69. The molecule has 0 saturated carbocycles. The van der Waals surface area contributed by atoms with E-state index in [1.54, 1.807) is 11.3 Å². The molecule has 1 aromatic heterocycles. The lowest BCUT2D eigenvalue weighted by Gasteiger charge is -2.18. The Morgan fingerprint density at radius 1 is 1.56 bits per heavy atom. The van der Waals surface area contributed by atoms with Crippen molar-refractivity contribution >= 4 is 21.2 Å². The lowest BCUT2D eigenvalue weighted by molar-refractivity contribution is 0.319. The SMILES string of the molecule is CN(CCNC1CCS(=O)(=O)C1)Cc1ccsc1. The molecule has 1 fully saturated rings. The van der Waals surface area contributed by atoms with Gasteiger partial charge in [0.05, 0.1) is 11.5 Å². The van der Waals surface area contributed by atoms with Crippen LogP contribution in [-0.4, -0.2) is 51.0 Å². The zero-order chi connectivity index (χ0) is 13.0. The van der Waals surface area contributed by atoms with Crippen LogP contribution in [0.5, 0.6) is 0 Å². The fourth-order valence-electron chi connectivity index (χ4n) is 2.19. The molecule has 1 saturated heterocycles. The van der Waals surface area contributed by atoms with E-state index in [9.17, 15) is 8.42 Å². The van der Waals surface area contributed by atoms with Gasteiger partial charge in [-0.15, -0.1) is 0 Å². The molecule has 0 bridgehead atoms. The molecule has 18 heavy (non-hydrogen) atoms. The monoisotopic (exact) mass is 288 g/mol. The van der Waals surface area contributed by atoms with Crippen molar-refractivity contribution in [3.63, 3.8) is 0 Å². The van der Waals surface area contributed by atoms with Crippen LogP contribution in [0.4, 0.5) is 0 Å². The first-order valence-electron chi connectivity index (χ1n) is 6.18. The van der Waals surface area contributed by atoms with E-state index < -0.39 is 9.84 Å². The zero-order valence-electron chi connectivity index (χ0n) is 10.6. The summed E-state index contributed by atoms with van der Waals surface area (Å²) in [7, 11) is -0.674. The first-order valence-corrected chi connectivity index (χ1v) is 8.95. The summed E-state index contributed by atoms with van der Waals surface area (Å²) < 4.78 is 22.6. The second-order valence-electron chi connectivity index (χ2n) is 4.92. The maximum atomic E-state index is 11.3. The molecule has 1 atom stereocenters. The van der Waals surface area contributed by atoms with Crippen LogP contribution in [0.1, 0.15) is 12.0 Å². The van der Waals surface area contributed by atoms with E-state index in [0.717, 1.165) is 26.1 Å². The zero-order valence-corrected chi connectivity index (χ0v) is 12.3. The summed E-state index contributed by atoms with van der Waals surface area (Å²) in [4.78, 5) is 2.25. The highest BCUT2D eigenvalue weighted by Gasteiger charge is 2.27. The van der Waals surface area contributed by atoms with Crippen LogP contribution in [-0.2, 0) is 16.4 Å². The molecular weight excluding hydrogens is 268 g/mol. The molecule has 6 heteroatoms. The molecule has 1 N–H and O–H groups in total. The normalized spacial score (nSPS) is 22.7. The van der Waals surface area contributed by atoms with Gasteiger partial charge in [0.2, 0.25) is 0 Å². The summed E-state index contributed by atoms with van der Waals surface area (Å²) in [5.74, 6) is 0.649. The second-order valence-corrected chi connectivity index (χ2v) is 7.93. The van der Waals surface area contributed by atoms with Gasteiger partial charge in [0.15, 0.2) is 9.84 Å². The summed E-state index contributed by atoms with van der Waals surface area (Å²) in [5, 5.41) is 7.58. The van der Waals surface area contributed by atoms with Gasteiger partial charge in [-0.05, 0) is 35.9 Å². The van der Waals surface area contributed by atoms with E-state index in [0.29, 0.717) is 11.5 Å². The Hall–Kier alpha value is -0.430. The van der Waals surface area contributed by atoms with Gasteiger partial charge in [0, 0.05) is 25.7 Å². The van der Waals surface area contributed by atoms with Gasteiger partial charge in [0.1, 0.15) is 0 Å². The van der Waals surface area contributed by atoms with Crippen LogP contribution in [0.2, 0.25) is 0 Å².